The van der Waals surface area contributed by atoms with Crippen molar-refractivity contribution in [2.45, 2.75) is 26.4 Å². The smallest absolute Gasteiger partial charge is 0.226 e. The molecular weight excluding hydrogens is 431 g/mol. The molecule has 0 spiro atoms. The molecule has 1 aromatic carbocycles. The van der Waals surface area contributed by atoms with Crippen LogP contribution in [0, 0.1) is 6.92 Å². The van der Waals surface area contributed by atoms with Crippen molar-refractivity contribution in [3.8, 4) is 5.75 Å². The Morgan fingerprint density at radius 3 is 2.69 bits per heavy atom. The van der Waals surface area contributed by atoms with Crippen LogP contribution in [0.15, 0.2) is 29.6 Å². The van der Waals surface area contributed by atoms with Gasteiger partial charge in [-0.15, -0.1) is 36.2 Å². The molecule has 1 aromatic heterocycles. The standard InChI is InChI=1S/C20H28N4O2S.2ClH/c1-16-3-5-18(6-4-16)26-14-20-23-17(15-27-20)13-19(25)22-7-2-10-24-11-8-21-9-12-24;;/h3-6,15,21H,2,7-14H2,1H3,(H,22,25);2*1H. The maximum Gasteiger partial charge on any atom is 0.226 e. The van der Waals surface area contributed by atoms with Crippen molar-refractivity contribution in [1.29, 1.82) is 0 Å². The number of thiazole rings is 1. The van der Waals surface area contributed by atoms with Gasteiger partial charge in [0.05, 0.1) is 12.1 Å². The molecule has 1 fully saturated rings. The summed E-state index contributed by atoms with van der Waals surface area (Å²) in [7, 11) is 0. The van der Waals surface area contributed by atoms with Crippen molar-refractivity contribution in [1.82, 2.24) is 20.5 Å². The molecule has 9 heteroatoms. The molecule has 0 aliphatic carbocycles. The maximum atomic E-state index is 12.1. The molecule has 29 heavy (non-hydrogen) atoms. The van der Waals surface area contributed by atoms with Gasteiger partial charge in [0.25, 0.3) is 0 Å². The zero-order valence-electron chi connectivity index (χ0n) is 16.7. The number of carbonyl (C=O) groups excluding carboxylic acids is 1. The number of rotatable bonds is 9. The Bertz CT molecular complexity index is 722. The number of hydrogen-bond acceptors (Lipinski definition) is 6. The van der Waals surface area contributed by atoms with Crippen LogP contribution in [0.3, 0.4) is 0 Å². The first-order chi connectivity index (χ1) is 13.2. The van der Waals surface area contributed by atoms with Gasteiger partial charge in [0.2, 0.25) is 5.91 Å². The van der Waals surface area contributed by atoms with Gasteiger partial charge in [-0.1, -0.05) is 17.7 Å². The van der Waals surface area contributed by atoms with Crippen molar-refractivity contribution < 1.29 is 9.53 Å². The van der Waals surface area contributed by atoms with E-state index in [4.69, 9.17) is 4.74 Å². The molecule has 1 aliphatic rings. The Balaban J connectivity index is 0.00000210. The van der Waals surface area contributed by atoms with Gasteiger partial charge in [0.1, 0.15) is 17.4 Å². The molecule has 6 nitrogen and oxygen atoms in total. The molecule has 1 amide bonds. The lowest BCUT2D eigenvalue weighted by molar-refractivity contribution is -0.120. The van der Waals surface area contributed by atoms with E-state index in [0.717, 1.165) is 62.1 Å². The second kappa shape index (κ2) is 13.8. The third-order valence-electron chi connectivity index (χ3n) is 4.51. The first-order valence-corrected chi connectivity index (χ1v) is 10.4. The monoisotopic (exact) mass is 460 g/mol. The quantitative estimate of drug-likeness (QED) is 0.563. The summed E-state index contributed by atoms with van der Waals surface area (Å²) in [4.78, 5) is 19.0. The second-order valence-electron chi connectivity index (χ2n) is 6.81. The van der Waals surface area contributed by atoms with Gasteiger partial charge < -0.3 is 20.3 Å². The van der Waals surface area contributed by atoms with Crippen molar-refractivity contribution in [3.63, 3.8) is 0 Å². The Kier molecular flexibility index (Phi) is 12.2. The summed E-state index contributed by atoms with van der Waals surface area (Å²) < 4.78 is 5.74. The Morgan fingerprint density at radius 2 is 1.97 bits per heavy atom. The Morgan fingerprint density at radius 1 is 1.24 bits per heavy atom. The highest BCUT2D eigenvalue weighted by Gasteiger charge is 2.10. The molecule has 2 heterocycles. The topological polar surface area (TPSA) is 66.5 Å². The highest BCUT2D eigenvalue weighted by Crippen LogP contribution is 2.16. The first kappa shape index (κ1) is 25.7. The minimum atomic E-state index is 0. The van der Waals surface area contributed by atoms with Crippen LogP contribution in [0.1, 0.15) is 22.7 Å². The number of nitrogens with one attached hydrogen (secondary N) is 2. The van der Waals surface area contributed by atoms with E-state index in [-0.39, 0.29) is 30.7 Å². The molecule has 3 rings (SSSR count). The van der Waals surface area contributed by atoms with Gasteiger partial charge >= 0.3 is 0 Å². The normalized spacial score (nSPS) is 13.8. The molecule has 162 valence electrons. The molecule has 0 radical (unpaired) electrons. The third kappa shape index (κ3) is 9.31. The minimum Gasteiger partial charge on any atom is -0.486 e. The molecule has 0 unspecified atom stereocenters. The summed E-state index contributed by atoms with van der Waals surface area (Å²) in [5.74, 6) is 0.867. The lowest BCUT2D eigenvalue weighted by Crippen LogP contribution is -2.44. The van der Waals surface area contributed by atoms with Gasteiger partial charge in [-0.05, 0) is 32.0 Å². The van der Waals surface area contributed by atoms with Crippen LogP contribution in [0.5, 0.6) is 5.75 Å². The second-order valence-corrected chi connectivity index (χ2v) is 7.75. The number of hydrogen-bond donors (Lipinski definition) is 2. The van der Waals surface area contributed by atoms with E-state index < -0.39 is 0 Å². The number of carbonyl (C=O) groups is 1. The summed E-state index contributed by atoms with van der Waals surface area (Å²) in [5, 5.41) is 9.17. The molecule has 1 saturated heterocycles. The predicted octanol–water partition coefficient (Wildman–Crippen LogP) is 2.83. The zero-order chi connectivity index (χ0) is 18.9. The number of amides is 1. The van der Waals surface area contributed by atoms with Gasteiger partial charge in [0.15, 0.2) is 0 Å². The van der Waals surface area contributed by atoms with Crippen LogP contribution in [0.2, 0.25) is 0 Å². The van der Waals surface area contributed by atoms with E-state index in [1.165, 1.54) is 16.9 Å². The van der Waals surface area contributed by atoms with Crippen molar-refractivity contribution in [2.24, 2.45) is 0 Å². The number of ether oxygens (including phenoxy) is 1. The molecule has 0 saturated carbocycles. The Hall–Kier alpha value is -1.38. The zero-order valence-corrected chi connectivity index (χ0v) is 19.1. The highest BCUT2D eigenvalue weighted by atomic mass is 35.5. The molecule has 0 bridgehead atoms. The highest BCUT2D eigenvalue weighted by molar-refractivity contribution is 7.09. The van der Waals surface area contributed by atoms with E-state index >= 15 is 0 Å². The number of halogens is 2. The number of piperazine rings is 1. The van der Waals surface area contributed by atoms with E-state index in [9.17, 15) is 4.79 Å². The summed E-state index contributed by atoms with van der Waals surface area (Å²) in [5.41, 5.74) is 2.01. The van der Waals surface area contributed by atoms with Gasteiger partial charge in [-0.2, -0.15) is 0 Å². The maximum absolute atomic E-state index is 12.1. The molecule has 2 aromatic rings. The van der Waals surface area contributed by atoms with Gasteiger partial charge in [-0.3, -0.25) is 4.79 Å². The van der Waals surface area contributed by atoms with E-state index in [1.54, 1.807) is 0 Å². The molecule has 2 N–H and O–H groups in total. The SMILES string of the molecule is Cc1ccc(OCc2nc(CC(=O)NCCCN3CCNCC3)cs2)cc1.Cl.Cl. The van der Waals surface area contributed by atoms with Crippen LogP contribution in [-0.2, 0) is 17.8 Å². The number of aromatic nitrogens is 1. The van der Waals surface area contributed by atoms with Crippen molar-refractivity contribution in [2.75, 3.05) is 39.3 Å². The third-order valence-corrected chi connectivity index (χ3v) is 5.38. The van der Waals surface area contributed by atoms with Crippen molar-refractivity contribution >= 4 is 42.1 Å². The Labute approximate surface area is 189 Å². The fourth-order valence-corrected chi connectivity index (χ4v) is 3.67. The fraction of sp³-hybridized carbons (Fsp3) is 0.500. The first-order valence-electron chi connectivity index (χ1n) is 9.51. The fourth-order valence-electron chi connectivity index (χ4n) is 2.97. The number of benzene rings is 1. The van der Waals surface area contributed by atoms with Crippen LogP contribution in [0.25, 0.3) is 0 Å². The molecule has 0 atom stereocenters. The van der Waals surface area contributed by atoms with Crippen LogP contribution in [-0.4, -0.2) is 55.1 Å². The minimum absolute atomic E-state index is 0. The van der Waals surface area contributed by atoms with Crippen molar-refractivity contribution in [3.05, 3.63) is 45.9 Å². The van der Waals surface area contributed by atoms with Gasteiger partial charge in [0, 0.05) is 38.1 Å². The number of aryl methyl sites for hydroxylation is 1. The largest absolute Gasteiger partial charge is 0.486 e. The lowest BCUT2D eigenvalue weighted by Gasteiger charge is -2.27. The summed E-state index contributed by atoms with van der Waals surface area (Å²) in [6.07, 6.45) is 1.31. The summed E-state index contributed by atoms with van der Waals surface area (Å²) >= 11 is 1.53. The molecule has 1 aliphatic heterocycles. The van der Waals surface area contributed by atoms with E-state index in [0.29, 0.717) is 13.0 Å². The van der Waals surface area contributed by atoms with Crippen LogP contribution >= 0.6 is 36.2 Å². The van der Waals surface area contributed by atoms with E-state index in [1.807, 2.05) is 36.6 Å². The predicted molar refractivity (Wildman–Crippen MR) is 123 cm³/mol. The average Bonchev–Trinajstić information content (AvgIpc) is 3.13. The van der Waals surface area contributed by atoms with Crippen LogP contribution in [0.4, 0.5) is 0 Å². The van der Waals surface area contributed by atoms with Crippen LogP contribution < -0.4 is 15.4 Å². The lowest BCUT2D eigenvalue weighted by atomic mass is 10.2. The van der Waals surface area contributed by atoms with E-state index in [2.05, 4.69) is 20.5 Å². The summed E-state index contributed by atoms with van der Waals surface area (Å²) in [6, 6.07) is 7.96. The average molecular weight is 461 g/mol. The van der Waals surface area contributed by atoms with Gasteiger partial charge in [-0.25, -0.2) is 4.98 Å². The molecular formula is C20H30Cl2N4O2S. The number of nitrogens with zero attached hydrogens (tertiary/aromatic N) is 2. The summed E-state index contributed by atoms with van der Waals surface area (Å²) in [6.45, 7) is 8.56.